The van der Waals surface area contributed by atoms with E-state index in [4.69, 9.17) is 0 Å². The third-order valence-corrected chi connectivity index (χ3v) is 8.48. The van der Waals surface area contributed by atoms with E-state index in [0.29, 0.717) is 37.3 Å². The summed E-state index contributed by atoms with van der Waals surface area (Å²) < 4.78 is 48.1. The van der Waals surface area contributed by atoms with E-state index in [1.54, 1.807) is 17.0 Å². The van der Waals surface area contributed by atoms with Crippen molar-refractivity contribution in [3.8, 4) is 0 Å². The summed E-state index contributed by atoms with van der Waals surface area (Å²) in [5.41, 5.74) is 0.924. The highest BCUT2D eigenvalue weighted by Gasteiger charge is 2.25. The number of aromatic nitrogens is 1. The molecule has 0 radical (unpaired) electrons. The molecular formula is C20H21N3O5S3. The third kappa shape index (κ3) is 4.43. The SMILES string of the molecule is CS(=O)(=O)c1ccc(C(=O)N2CCN(c3nc4c(S(C)(=O)=O)cccc4s3)CC2)cc1. The van der Waals surface area contributed by atoms with Crippen LogP contribution < -0.4 is 4.90 Å². The molecule has 0 unspecified atom stereocenters. The fraction of sp³-hybridized carbons (Fsp3) is 0.300. The molecule has 2 aromatic carbocycles. The van der Waals surface area contributed by atoms with Gasteiger partial charge < -0.3 is 9.80 Å². The van der Waals surface area contributed by atoms with Gasteiger partial charge in [0.2, 0.25) is 0 Å². The molecule has 31 heavy (non-hydrogen) atoms. The molecule has 164 valence electrons. The lowest BCUT2D eigenvalue weighted by molar-refractivity contribution is 0.0746. The molecule has 4 rings (SSSR count). The lowest BCUT2D eigenvalue weighted by atomic mass is 10.2. The van der Waals surface area contributed by atoms with Gasteiger partial charge in [0.15, 0.2) is 24.8 Å². The minimum atomic E-state index is -3.37. The predicted octanol–water partition coefficient (Wildman–Crippen LogP) is 2.07. The molecular weight excluding hydrogens is 458 g/mol. The molecule has 0 bridgehead atoms. The Kier molecular flexibility index (Phi) is 5.52. The molecule has 8 nitrogen and oxygen atoms in total. The first-order valence-corrected chi connectivity index (χ1v) is 14.1. The second kappa shape index (κ2) is 7.88. The summed E-state index contributed by atoms with van der Waals surface area (Å²) in [6.45, 7) is 2.12. The molecule has 1 aliphatic heterocycles. The molecule has 0 N–H and O–H groups in total. The number of sulfone groups is 2. The first-order valence-electron chi connectivity index (χ1n) is 9.48. The second-order valence-corrected chi connectivity index (χ2v) is 12.5. The quantitative estimate of drug-likeness (QED) is 0.564. The molecule has 0 aliphatic carbocycles. The van der Waals surface area contributed by atoms with Crippen molar-refractivity contribution in [1.29, 1.82) is 0 Å². The minimum Gasteiger partial charge on any atom is -0.345 e. The highest BCUT2D eigenvalue weighted by molar-refractivity contribution is 7.91. The Morgan fingerprint density at radius 3 is 2.13 bits per heavy atom. The first-order chi connectivity index (χ1) is 14.5. The van der Waals surface area contributed by atoms with Gasteiger partial charge in [-0.25, -0.2) is 21.8 Å². The lowest BCUT2D eigenvalue weighted by Gasteiger charge is -2.34. The van der Waals surface area contributed by atoms with E-state index in [2.05, 4.69) is 4.98 Å². The Bertz CT molecular complexity index is 1350. The number of para-hydroxylation sites is 1. The van der Waals surface area contributed by atoms with Gasteiger partial charge >= 0.3 is 0 Å². The van der Waals surface area contributed by atoms with Crippen molar-refractivity contribution in [2.75, 3.05) is 43.6 Å². The van der Waals surface area contributed by atoms with Crippen LogP contribution in [0.25, 0.3) is 10.2 Å². The van der Waals surface area contributed by atoms with Crippen molar-refractivity contribution in [1.82, 2.24) is 9.88 Å². The van der Waals surface area contributed by atoms with Gasteiger partial charge in [-0.15, -0.1) is 0 Å². The van der Waals surface area contributed by atoms with Crippen molar-refractivity contribution in [3.05, 3.63) is 48.0 Å². The van der Waals surface area contributed by atoms with Crippen LogP contribution in [0.4, 0.5) is 5.13 Å². The molecule has 0 saturated carbocycles. The summed E-state index contributed by atoms with van der Waals surface area (Å²) >= 11 is 1.43. The van der Waals surface area contributed by atoms with Crippen LogP contribution >= 0.6 is 11.3 Å². The maximum atomic E-state index is 12.8. The molecule has 0 atom stereocenters. The molecule has 3 aromatic rings. The molecule has 1 aromatic heterocycles. The average molecular weight is 480 g/mol. The molecule has 1 aliphatic rings. The summed E-state index contributed by atoms with van der Waals surface area (Å²) in [6, 6.07) is 11.1. The van der Waals surface area contributed by atoms with Crippen molar-refractivity contribution in [2.24, 2.45) is 0 Å². The Hall–Kier alpha value is -2.50. The van der Waals surface area contributed by atoms with Gasteiger partial charge in [0.05, 0.1) is 14.5 Å². The highest BCUT2D eigenvalue weighted by atomic mass is 32.2. The highest BCUT2D eigenvalue weighted by Crippen LogP contribution is 2.33. The molecule has 11 heteroatoms. The first kappa shape index (κ1) is 21.7. The Morgan fingerprint density at radius 1 is 0.903 bits per heavy atom. The topological polar surface area (TPSA) is 105 Å². The summed E-state index contributed by atoms with van der Waals surface area (Å²) in [5.74, 6) is -0.150. The number of hydrogen-bond acceptors (Lipinski definition) is 8. The van der Waals surface area contributed by atoms with Crippen molar-refractivity contribution in [2.45, 2.75) is 9.79 Å². The standard InChI is InChI=1S/C20H21N3O5S3/c1-30(25,26)15-8-6-14(7-9-15)19(24)22-10-12-23(13-11-22)20-21-18-16(29-20)4-3-5-17(18)31(2,27)28/h3-9H,10-13H2,1-2H3. The number of hydrogen-bond donors (Lipinski definition) is 0. The smallest absolute Gasteiger partial charge is 0.253 e. The predicted molar refractivity (Wildman–Crippen MR) is 120 cm³/mol. The van der Waals surface area contributed by atoms with Crippen LogP contribution in [0.1, 0.15) is 10.4 Å². The van der Waals surface area contributed by atoms with Gasteiger partial charge in [0.1, 0.15) is 5.52 Å². The average Bonchev–Trinajstić information content (AvgIpc) is 3.16. The molecule has 2 heterocycles. The van der Waals surface area contributed by atoms with Gasteiger partial charge in [-0.1, -0.05) is 17.4 Å². The van der Waals surface area contributed by atoms with Gasteiger partial charge in [-0.3, -0.25) is 4.79 Å². The Balaban J connectivity index is 1.48. The number of piperazine rings is 1. The molecule has 1 fully saturated rings. The number of amides is 1. The van der Waals surface area contributed by atoms with Crippen molar-refractivity contribution < 1.29 is 21.6 Å². The number of anilines is 1. The summed E-state index contributed by atoms with van der Waals surface area (Å²) in [5, 5.41) is 0.732. The largest absolute Gasteiger partial charge is 0.345 e. The fourth-order valence-corrected chi connectivity index (χ4v) is 6.05. The van der Waals surface area contributed by atoms with E-state index in [0.717, 1.165) is 16.1 Å². The zero-order valence-corrected chi connectivity index (χ0v) is 19.4. The second-order valence-electron chi connectivity index (χ2n) is 7.45. The number of thiazole rings is 1. The number of carbonyl (C=O) groups is 1. The van der Waals surface area contributed by atoms with Gasteiger partial charge in [0, 0.05) is 44.3 Å². The molecule has 1 saturated heterocycles. The number of fused-ring (bicyclic) bond motifs is 1. The van der Waals surface area contributed by atoms with E-state index in [-0.39, 0.29) is 15.7 Å². The van der Waals surface area contributed by atoms with Crippen LogP contribution in [0, 0.1) is 0 Å². The van der Waals surface area contributed by atoms with Crippen LogP contribution in [0.3, 0.4) is 0 Å². The Morgan fingerprint density at radius 2 is 1.55 bits per heavy atom. The minimum absolute atomic E-state index is 0.150. The normalized spacial score (nSPS) is 15.4. The number of nitrogens with zero attached hydrogens (tertiary/aromatic N) is 3. The molecule has 1 amide bonds. The van der Waals surface area contributed by atoms with Crippen LogP contribution in [-0.2, 0) is 19.7 Å². The van der Waals surface area contributed by atoms with E-state index in [1.165, 1.54) is 41.9 Å². The fourth-order valence-electron chi connectivity index (χ4n) is 3.47. The van der Waals surface area contributed by atoms with E-state index in [1.807, 2.05) is 11.0 Å². The monoisotopic (exact) mass is 479 g/mol. The number of carbonyl (C=O) groups excluding carboxylic acids is 1. The maximum Gasteiger partial charge on any atom is 0.253 e. The number of rotatable bonds is 4. The lowest BCUT2D eigenvalue weighted by Crippen LogP contribution is -2.48. The zero-order valence-electron chi connectivity index (χ0n) is 17.0. The van der Waals surface area contributed by atoms with Crippen LogP contribution in [-0.4, -0.2) is 71.3 Å². The summed E-state index contributed by atoms with van der Waals surface area (Å²) in [7, 11) is -6.68. The number of benzene rings is 2. The summed E-state index contributed by atoms with van der Waals surface area (Å²) in [4.78, 5) is 21.5. The molecule has 0 spiro atoms. The van der Waals surface area contributed by atoms with Crippen LogP contribution in [0.2, 0.25) is 0 Å². The van der Waals surface area contributed by atoms with E-state index in [9.17, 15) is 21.6 Å². The van der Waals surface area contributed by atoms with Gasteiger partial charge in [-0.05, 0) is 36.4 Å². The zero-order chi connectivity index (χ0) is 22.4. The van der Waals surface area contributed by atoms with Crippen LogP contribution in [0.15, 0.2) is 52.3 Å². The summed E-state index contributed by atoms with van der Waals surface area (Å²) in [6.07, 6.45) is 2.30. The van der Waals surface area contributed by atoms with Crippen molar-refractivity contribution >= 4 is 52.3 Å². The van der Waals surface area contributed by atoms with E-state index < -0.39 is 19.7 Å². The van der Waals surface area contributed by atoms with Crippen LogP contribution in [0.5, 0.6) is 0 Å². The van der Waals surface area contributed by atoms with E-state index >= 15 is 0 Å². The maximum absolute atomic E-state index is 12.8. The van der Waals surface area contributed by atoms with Crippen molar-refractivity contribution in [3.63, 3.8) is 0 Å². The Labute approximate surface area is 185 Å². The van der Waals surface area contributed by atoms with Gasteiger partial charge in [-0.2, -0.15) is 0 Å². The third-order valence-electron chi connectivity index (χ3n) is 5.14. The van der Waals surface area contributed by atoms with Gasteiger partial charge in [0.25, 0.3) is 5.91 Å².